The molecule has 0 N–H and O–H groups in total. The number of pyridine rings is 1. The minimum Gasteiger partial charge on any atom is -0.462 e. The van der Waals surface area contributed by atoms with Gasteiger partial charge in [0.2, 0.25) is 0 Å². The average Bonchev–Trinajstić information content (AvgIpc) is 2.16. The Balaban J connectivity index is 3.09. The van der Waals surface area contributed by atoms with Crippen molar-refractivity contribution in [3.63, 3.8) is 0 Å². The summed E-state index contributed by atoms with van der Waals surface area (Å²) < 4.78 is 5.37. The van der Waals surface area contributed by atoms with Gasteiger partial charge >= 0.3 is 0 Å². The van der Waals surface area contributed by atoms with Crippen molar-refractivity contribution in [2.24, 2.45) is 0 Å². The maximum atomic E-state index is 11.8. The van der Waals surface area contributed by atoms with Gasteiger partial charge in [-0.3, -0.25) is 9.78 Å². The average molecular weight is 189 g/mol. The number of rotatable bonds is 0. The Bertz CT molecular complexity index is 555. The summed E-state index contributed by atoms with van der Waals surface area (Å²) in [7, 11) is 0. The quantitative estimate of drug-likeness (QED) is 0.637. The van der Waals surface area contributed by atoms with Gasteiger partial charge in [-0.15, -0.1) is 0 Å². The van der Waals surface area contributed by atoms with Crippen LogP contribution in [0.15, 0.2) is 21.7 Å². The van der Waals surface area contributed by atoms with E-state index in [1.54, 1.807) is 13.1 Å². The van der Waals surface area contributed by atoms with Gasteiger partial charge in [0, 0.05) is 11.8 Å². The summed E-state index contributed by atoms with van der Waals surface area (Å²) in [6.45, 7) is 5.45. The summed E-state index contributed by atoms with van der Waals surface area (Å²) in [6, 6.07) is 0. The van der Waals surface area contributed by atoms with Gasteiger partial charge in [-0.1, -0.05) is 0 Å². The zero-order valence-corrected chi connectivity index (χ0v) is 8.42. The Hall–Kier alpha value is -1.64. The summed E-state index contributed by atoms with van der Waals surface area (Å²) in [5.41, 5.74) is 2.88. The number of nitrogens with zero attached hydrogens (tertiary/aromatic N) is 1. The smallest absolute Gasteiger partial charge is 0.195 e. The molecule has 0 aromatic carbocycles. The van der Waals surface area contributed by atoms with Crippen molar-refractivity contribution in [3.05, 3.63) is 39.5 Å². The molecule has 0 saturated heterocycles. The van der Waals surface area contributed by atoms with Gasteiger partial charge in [0.15, 0.2) is 11.0 Å². The minimum absolute atomic E-state index is 0.0363. The molecule has 3 heteroatoms. The first kappa shape index (κ1) is 8.94. The van der Waals surface area contributed by atoms with Crippen molar-refractivity contribution < 1.29 is 4.42 Å². The first-order valence-corrected chi connectivity index (χ1v) is 4.45. The second kappa shape index (κ2) is 2.94. The highest BCUT2D eigenvalue weighted by Gasteiger charge is 2.09. The van der Waals surface area contributed by atoms with Crippen molar-refractivity contribution in [2.45, 2.75) is 20.8 Å². The van der Waals surface area contributed by atoms with Gasteiger partial charge in [-0.2, -0.15) is 0 Å². The Kier molecular flexibility index (Phi) is 1.88. The SMILES string of the molecule is Cc1coc2c(C)ncc(C)c2c1=O. The molecule has 3 nitrogen and oxygen atoms in total. The van der Waals surface area contributed by atoms with E-state index < -0.39 is 0 Å². The van der Waals surface area contributed by atoms with Crippen LogP contribution in [0.1, 0.15) is 16.8 Å². The number of fused-ring (bicyclic) bond motifs is 1. The summed E-state index contributed by atoms with van der Waals surface area (Å²) in [5.74, 6) is 0. The zero-order valence-electron chi connectivity index (χ0n) is 8.42. The third-order valence-corrected chi connectivity index (χ3v) is 2.34. The lowest BCUT2D eigenvalue weighted by Gasteiger charge is -2.03. The molecule has 0 unspecified atom stereocenters. The molecular formula is C11H11NO2. The highest BCUT2D eigenvalue weighted by molar-refractivity contribution is 5.81. The van der Waals surface area contributed by atoms with Gasteiger partial charge in [-0.25, -0.2) is 0 Å². The molecule has 0 aliphatic carbocycles. The van der Waals surface area contributed by atoms with Crippen molar-refractivity contribution >= 4 is 11.0 Å². The molecule has 72 valence electrons. The van der Waals surface area contributed by atoms with Crippen molar-refractivity contribution in [1.29, 1.82) is 0 Å². The number of aromatic nitrogens is 1. The molecule has 0 fully saturated rings. The molecule has 2 rings (SSSR count). The number of hydrogen-bond acceptors (Lipinski definition) is 3. The van der Waals surface area contributed by atoms with Crippen LogP contribution in [0.2, 0.25) is 0 Å². The molecule has 0 atom stereocenters. The van der Waals surface area contributed by atoms with E-state index in [1.807, 2.05) is 13.8 Å². The van der Waals surface area contributed by atoms with E-state index in [9.17, 15) is 4.79 Å². The van der Waals surface area contributed by atoms with Gasteiger partial charge < -0.3 is 4.42 Å². The lowest BCUT2D eigenvalue weighted by atomic mass is 10.1. The van der Waals surface area contributed by atoms with Gasteiger partial charge in [0.05, 0.1) is 17.3 Å². The molecule has 0 amide bonds. The molecule has 0 radical (unpaired) electrons. The van der Waals surface area contributed by atoms with Crippen molar-refractivity contribution in [1.82, 2.24) is 4.98 Å². The fourth-order valence-electron chi connectivity index (χ4n) is 1.50. The van der Waals surface area contributed by atoms with Gasteiger partial charge in [0.1, 0.15) is 0 Å². The molecule has 0 spiro atoms. The largest absolute Gasteiger partial charge is 0.462 e. The molecule has 2 heterocycles. The zero-order chi connectivity index (χ0) is 10.3. The summed E-state index contributed by atoms with van der Waals surface area (Å²) in [5, 5.41) is 0.650. The maximum Gasteiger partial charge on any atom is 0.195 e. The summed E-state index contributed by atoms with van der Waals surface area (Å²) in [4.78, 5) is 16.0. The highest BCUT2D eigenvalue weighted by Crippen LogP contribution is 2.16. The first-order valence-electron chi connectivity index (χ1n) is 4.45. The van der Waals surface area contributed by atoms with Crippen LogP contribution < -0.4 is 5.43 Å². The van der Waals surface area contributed by atoms with Crippen LogP contribution in [-0.2, 0) is 0 Å². The van der Waals surface area contributed by atoms with Crippen LogP contribution in [0.4, 0.5) is 0 Å². The topological polar surface area (TPSA) is 43.1 Å². The van der Waals surface area contributed by atoms with Crippen LogP contribution in [0, 0.1) is 20.8 Å². The molecule has 2 aromatic rings. The van der Waals surface area contributed by atoms with E-state index in [2.05, 4.69) is 4.98 Å². The van der Waals surface area contributed by atoms with Crippen molar-refractivity contribution in [3.8, 4) is 0 Å². The van der Waals surface area contributed by atoms with Crippen LogP contribution in [0.25, 0.3) is 11.0 Å². The Labute approximate surface area is 81.4 Å². The number of aryl methyl sites for hydroxylation is 3. The maximum absolute atomic E-state index is 11.8. The predicted octanol–water partition coefficient (Wildman–Crippen LogP) is 2.11. The Morgan fingerprint density at radius 1 is 1.21 bits per heavy atom. The standard InChI is InChI=1S/C11H11NO2/c1-6-4-12-8(3)11-9(6)10(13)7(2)5-14-11/h4-5H,1-3H3. The van der Waals surface area contributed by atoms with E-state index in [1.165, 1.54) is 6.26 Å². The van der Waals surface area contributed by atoms with E-state index in [0.717, 1.165) is 11.3 Å². The third-order valence-electron chi connectivity index (χ3n) is 2.34. The third kappa shape index (κ3) is 1.13. The van der Waals surface area contributed by atoms with E-state index >= 15 is 0 Å². The van der Waals surface area contributed by atoms with Crippen molar-refractivity contribution in [2.75, 3.05) is 0 Å². The highest BCUT2D eigenvalue weighted by atomic mass is 16.3. The minimum atomic E-state index is 0.0363. The fraction of sp³-hybridized carbons (Fsp3) is 0.273. The van der Waals surface area contributed by atoms with Gasteiger partial charge in [-0.05, 0) is 26.3 Å². The predicted molar refractivity (Wildman–Crippen MR) is 54.5 cm³/mol. The van der Waals surface area contributed by atoms with Crippen LogP contribution >= 0.6 is 0 Å². The molecule has 2 aromatic heterocycles. The fourth-order valence-corrected chi connectivity index (χ4v) is 1.50. The number of hydrogen-bond donors (Lipinski definition) is 0. The molecule has 0 aliphatic heterocycles. The van der Waals surface area contributed by atoms with Crippen LogP contribution in [-0.4, -0.2) is 4.98 Å². The van der Waals surface area contributed by atoms with E-state index in [0.29, 0.717) is 16.5 Å². The van der Waals surface area contributed by atoms with Crippen LogP contribution in [0.3, 0.4) is 0 Å². The first-order chi connectivity index (χ1) is 6.61. The van der Waals surface area contributed by atoms with E-state index in [-0.39, 0.29) is 5.43 Å². The molecular weight excluding hydrogens is 178 g/mol. The summed E-state index contributed by atoms with van der Waals surface area (Å²) >= 11 is 0. The second-order valence-electron chi connectivity index (χ2n) is 3.48. The lowest BCUT2D eigenvalue weighted by Crippen LogP contribution is -2.07. The van der Waals surface area contributed by atoms with Crippen LogP contribution in [0.5, 0.6) is 0 Å². The Morgan fingerprint density at radius 2 is 1.93 bits per heavy atom. The normalized spacial score (nSPS) is 10.8. The van der Waals surface area contributed by atoms with Gasteiger partial charge in [0.25, 0.3) is 0 Å². The lowest BCUT2D eigenvalue weighted by molar-refractivity contribution is 0.592. The Morgan fingerprint density at radius 3 is 2.64 bits per heavy atom. The molecule has 0 aliphatic rings. The molecule has 0 bridgehead atoms. The molecule has 14 heavy (non-hydrogen) atoms. The monoisotopic (exact) mass is 189 g/mol. The summed E-state index contributed by atoms with van der Waals surface area (Å²) in [6.07, 6.45) is 3.19. The second-order valence-corrected chi connectivity index (χ2v) is 3.48. The van der Waals surface area contributed by atoms with E-state index in [4.69, 9.17) is 4.42 Å². The molecule has 0 saturated carbocycles.